The molecule has 2 aromatic carbocycles. The number of rotatable bonds is 5. The molecule has 2 aliphatic heterocycles. The second-order valence-electron chi connectivity index (χ2n) is 9.14. The molecule has 0 saturated carbocycles. The van der Waals surface area contributed by atoms with Crippen LogP contribution in [-0.4, -0.2) is 12.6 Å². The van der Waals surface area contributed by atoms with Gasteiger partial charge in [-0.3, -0.25) is 0 Å². The number of benzene rings is 2. The van der Waals surface area contributed by atoms with Gasteiger partial charge in [-0.2, -0.15) is 0 Å². The smallest absolute Gasteiger partial charge is 0.0640 e. The molecule has 2 aromatic rings. The van der Waals surface area contributed by atoms with E-state index in [9.17, 15) is 0 Å². The van der Waals surface area contributed by atoms with Crippen molar-refractivity contribution in [3.8, 4) is 0 Å². The lowest BCUT2D eigenvalue weighted by atomic mass is 9.46. The van der Waals surface area contributed by atoms with Crippen LogP contribution in [-0.2, 0) is 11.8 Å². The first-order chi connectivity index (χ1) is 14.2. The van der Waals surface area contributed by atoms with Gasteiger partial charge in [0.15, 0.2) is 0 Å². The van der Waals surface area contributed by atoms with E-state index in [2.05, 4.69) is 85.6 Å². The summed E-state index contributed by atoms with van der Waals surface area (Å²) in [6.45, 7) is 8.25. The molecular formula is C27H34N2. The van der Waals surface area contributed by atoms with Crippen LogP contribution >= 0.6 is 0 Å². The number of nitrogens with one attached hydrogen (secondary N) is 1. The summed E-state index contributed by atoms with van der Waals surface area (Å²) in [5.41, 5.74) is 7.37. The maximum absolute atomic E-state index is 3.89. The summed E-state index contributed by atoms with van der Waals surface area (Å²) >= 11 is 0. The first-order valence-corrected chi connectivity index (χ1v) is 11.7. The standard InChI is InChI=1S/C27H34N2/c1-4-7-11-20-12-10-15-23-25(20)29-19-16-24(29)27(6-3)18-17-26(27,5-2)21-13-8-9-14-22(21)28-23/h8-10,12-15,17-18,24,28H,4-7,11,16,19H2,1-3H3. The predicted octanol–water partition coefficient (Wildman–Crippen LogP) is 6.98. The van der Waals surface area contributed by atoms with Crippen LogP contribution in [0.4, 0.5) is 17.1 Å². The van der Waals surface area contributed by atoms with Crippen LogP contribution in [0.25, 0.3) is 0 Å². The highest BCUT2D eigenvalue weighted by Crippen LogP contribution is 2.64. The molecule has 1 aliphatic carbocycles. The fourth-order valence-electron chi connectivity index (χ4n) is 6.47. The van der Waals surface area contributed by atoms with Gasteiger partial charge in [0.1, 0.15) is 0 Å². The average Bonchev–Trinajstić information content (AvgIpc) is 2.73. The molecular weight excluding hydrogens is 352 g/mol. The summed E-state index contributed by atoms with van der Waals surface area (Å²) in [5.74, 6) is 0. The van der Waals surface area contributed by atoms with E-state index in [0.717, 1.165) is 6.42 Å². The summed E-state index contributed by atoms with van der Waals surface area (Å²) in [7, 11) is 0. The average molecular weight is 387 g/mol. The molecule has 0 bridgehead atoms. The third kappa shape index (κ3) is 2.41. The van der Waals surface area contributed by atoms with Crippen molar-refractivity contribution in [2.45, 2.75) is 70.8 Å². The minimum atomic E-state index is 0.125. The Morgan fingerprint density at radius 3 is 2.45 bits per heavy atom. The zero-order chi connectivity index (χ0) is 20.1. The summed E-state index contributed by atoms with van der Waals surface area (Å²) in [6, 6.07) is 16.5. The Hall–Kier alpha value is -2.22. The highest BCUT2D eigenvalue weighted by atomic mass is 15.3. The van der Waals surface area contributed by atoms with Crippen LogP contribution in [0.2, 0.25) is 0 Å². The van der Waals surface area contributed by atoms with E-state index < -0.39 is 0 Å². The van der Waals surface area contributed by atoms with E-state index in [1.165, 1.54) is 66.8 Å². The Bertz CT molecular complexity index is 945. The molecule has 1 N–H and O–H groups in total. The number of fused-ring (bicyclic) bond motifs is 7. The number of unbranched alkanes of at least 4 members (excludes halogenated alkanes) is 1. The van der Waals surface area contributed by atoms with Crippen molar-refractivity contribution < 1.29 is 0 Å². The van der Waals surface area contributed by atoms with Gasteiger partial charge in [-0.15, -0.1) is 0 Å². The van der Waals surface area contributed by atoms with Crippen molar-refractivity contribution in [2.24, 2.45) is 5.41 Å². The third-order valence-corrected chi connectivity index (χ3v) is 8.14. The Balaban J connectivity index is 1.74. The first kappa shape index (κ1) is 18.8. The molecule has 2 heteroatoms. The van der Waals surface area contributed by atoms with Crippen LogP contribution in [0, 0.1) is 5.41 Å². The zero-order valence-corrected chi connectivity index (χ0v) is 18.2. The van der Waals surface area contributed by atoms with Crippen molar-refractivity contribution in [3.63, 3.8) is 0 Å². The van der Waals surface area contributed by atoms with E-state index in [1.807, 2.05) is 0 Å². The minimum Gasteiger partial charge on any atom is -0.366 e. The molecule has 0 radical (unpaired) electrons. The van der Waals surface area contributed by atoms with Gasteiger partial charge in [0, 0.05) is 29.1 Å². The molecule has 29 heavy (non-hydrogen) atoms. The lowest BCUT2D eigenvalue weighted by molar-refractivity contribution is 0.0945. The molecule has 1 fully saturated rings. The summed E-state index contributed by atoms with van der Waals surface area (Å²) in [5, 5.41) is 3.89. The monoisotopic (exact) mass is 386 g/mol. The van der Waals surface area contributed by atoms with Gasteiger partial charge in [0.2, 0.25) is 0 Å². The molecule has 1 saturated heterocycles. The van der Waals surface area contributed by atoms with Crippen molar-refractivity contribution >= 4 is 17.1 Å². The SMILES string of the molecule is CCCCc1cccc2c1N1CCC1C1(CC)C=CC1(CC)c1ccccc1N2. The van der Waals surface area contributed by atoms with Gasteiger partial charge < -0.3 is 10.2 Å². The van der Waals surface area contributed by atoms with Crippen LogP contribution < -0.4 is 10.2 Å². The number of hydrogen-bond donors (Lipinski definition) is 1. The molecule has 3 aliphatic rings. The Labute approximate surface area is 176 Å². The maximum atomic E-state index is 3.89. The van der Waals surface area contributed by atoms with Crippen LogP contribution in [0.3, 0.4) is 0 Å². The summed E-state index contributed by atoms with van der Waals surface area (Å²) in [4.78, 5) is 2.75. The number of nitrogens with zero attached hydrogens (tertiary/aromatic N) is 1. The molecule has 152 valence electrons. The lowest BCUT2D eigenvalue weighted by Crippen LogP contribution is -2.66. The van der Waals surface area contributed by atoms with Gasteiger partial charge in [-0.25, -0.2) is 0 Å². The van der Waals surface area contributed by atoms with Gasteiger partial charge in [0.05, 0.1) is 11.4 Å². The fourth-order valence-corrected chi connectivity index (χ4v) is 6.47. The highest BCUT2D eigenvalue weighted by Gasteiger charge is 2.61. The number of hydrogen-bond acceptors (Lipinski definition) is 2. The maximum Gasteiger partial charge on any atom is 0.0640 e. The molecule has 3 atom stereocenters. The fraction of sp³-hybridized carbons (Fsp3) is 0.481. The summed E-state index contributed by atoms with van der Waals surface area (Å²) < 4.78 is 0. The lowest BCUT2D eigenvalue weighted by Gasteiger charge is -2.64. The number of aryl methyl sites for hydroxylation is 1. The van der Waals surface area contributed by atoms with Crippen molar-refractivity contribution in [1.29, 1.82) is 0 Å². The van der Waals surface area contributed by atoms with E-state index in [4.69, 9.17) is 0 Å². The normalized spacial score (nSPS) is 28.9. The second kappa shape index (κ2) is 6.93. The first-order valence-electron chi connectivity index (χ1n) is 11.7. The molecule has 2 nitrogen and oxygen atoms in total. The highest BCUT2D eigenvalue weighted by molar-refractivity contribution is 5.82. The van der Waals surface area contributed by atoms with Crippen LogP contribution in [0.15, 0.2) is 54.6 Å². The number of para-hydroxylation sites is 2. The molecule has 0 spiro atoms. The second-order valence-corrected chi connectivity index (χ2v) is 9.14. The van der Waals surface area contributed by atoms with Crippen LogP contribution in [0.1, 0.15) is 64.0 Å². The van der Waals surface area contributed by atoms with Crippen molar-refractivity contribution in [2.75, 3.05) is 16.8 Å². The Kier molecular flexibility index (Phi) is 4.49. The van der Waals surface area contributed by atoms with Gasteiger partial charge in [0.25, 0.3) is 0 Å². The Morgan fingerprint density at radius 1 is 0.966 bits per heavy atom. The summed E-state index contributed by atoms with van der Waals surface area (Å²) in [6.07, 6.45) is 12.4. The minimum absolute atomic E-state index is 0.125. The van der Waals surface area contributed by atoms with Crippen LogP contribution in [0.5, 0.6) is 0 Å². The van der Waals surface area contributed by atoms with Gasteiger partial charge in [-0.05, 0) is 55.4 Å². The molecule has 0 aromatic heterocycles. The zero-order valence-electron chi connectivity index (χ0n) is 18.2. The number of allylic oxidation sites excluding steroid dienone is 1. The molecule has 3 unspecified atom stereocenters. The molecule has 2 heterocycles. The van der Waals surface area contributed by atoms with Gasteiger partial charge in [-0.1, -0.05) is 69.7 Å². The van der Waals surface area contributed by atoms with Crippen molar-refractivity contribution in [3.05, 3.63) is 65.7 Å². The predicted molar refractivity (Wildman–Crippen MR) is 124 cm³/mol. The Morgan fingerprint density at radius 2 is 1.79 bits per heavy atom. The van der Waals surface area contributed by atoms with E-state index >= 15 is 0 Å². The molecule has 0 amide bonds. The van der Waals surface area contributed by atoms with E-state index in [0.29, 0.717) is 6.04 Å². The van der Waals surface area contributed by atoms with Gasteiger partial charge >= 0.3 is 0 Å². The number of anilines is 3. The van der Waals surface area contributed by atoms with E-state index in [1.54, 1.807) is 0 Å². The quantitative estimate of drug-likeness (QED) is 0.558. The molecule has 5 rings (SSSR count). The largest absolute Gasteiger partial charge is 0.366 e. The van der Waals surface area contributed by atoms with E-state index in [-0.39, 0.29) is 10.8 Å². The third-order valence-electron chi connectivity index (χ3n) is 8.14. The topological polar surface area (TPSA) is 15.3 Å². The van der Waals surface area contributed by atoms with Crippen molar-refractivity contribution in [1.82, 2.24) is 0 Å².